The molecule has 1 rings (SSSR count). The molecule has 0 amide bonds. The Morgan fingerprint density at radius 2 is 1.76 bits per heavy atom. The predicted octanol–water partition coefficient (Wildman–Crippen LogP) is 5.03. The standard InChI is InChI=1S/C21H30O4/c1-5-7-10-17(6-2)15-24-20(22)13-14-21(23)25-19-12-9-8-11-18(19)16(3)4/h8-9,11-14,16-17H,5-7,10,15H2,1-4H3/b14-13+. The van der Waals surface area contributed by atoms with E-state index in [9.17, 15) is 9.59 Å². The summed E-state index contributed by atoms with van der Waals surface area (Å²) in [4.78, 5) is 23.7. The predicted molar refractivity (Wildman–Crippen MR) is 99.6 cm³/mol. The molecule has 1 unspecified atom stereocenters. The number of ether oxygens (including phenoxy) is 2. The highest BCUT2D eigenvalue weighted by molar-refractivity contribution is 5.92. The molecule has 0 N–H and O–H groups in total. The molecular formula is C21H30O4. The largest absolute Gasteiger partial charge is 0.462 e. The Labute approximate surface area is 151 Å². The van der Waals surface area contributed by atoms with Crippen LogP contribution >= 0.6 is 0 Å². The first kappa shape index (κ1) is 20.9. The average molecular weight is 346 g/mol. The third-order valence-electron chi connectivity index (χ3n) is 4.11. The van der Waals surface area contributed by atoms with E-state index in [1.54, 1.807) is 6.07 Å². The van der Waals surface area contributed by atoms with E-state index in [-0.39, 0.29) is 5.92 Å². The molecule has 0 aliphatic rings. The lowest BCUT2D eigenvalue weighted by Gasteiger charge is -2.13. The van der Waals surface area contributed by atoms with Gasteiger partial charge in [-0.05, 0) is 29.9 Å². The van der Waals surface area contributed by atoms with Crippen LogP contribution in [-0.2, 0) is 14.3 Å². The number of para-hydroxylation sites is 1. The molecule has 0 heterocycles. The van der Waals surface area contributed by atoms with Gasteiger partial charge in [0.25, 0.3) is 0 Å². The number of benzene rings is 1. The Hall–Kier alpha value is -2.10. The van der Waals surface area contributed by atoms with Gasteiger partial charge in [-0.25, -0.2) is 9.59 Å². The fourth-order valence-electron chi connectivity index (χ4n) is 2.48. The maximum absolute atomic E-state index is 11.9. The highest BCUT2D eigenvalue weighted by Gasteiger charge is 2.11. The van der Waals surface area contributed by atoms with Gasteiger partial charge in [0.2, 0.25) is 0 Å². The fourth-order valence-corrected chi connectivity index (χ4v) is 2.48. The molecular weight excluding hydrogens is 316 g/mol. The van der Waals surface area contributed by atoms with Crippen molar-refractivity contribution in [1.82, 2.24) is 0 Å². The Kier molecular flexibility index (Phi) is 9.60. The topological polar surface area (TPSA) is 52.6 Å². The first-order valence-electron chi connectivity index (χ1n) is 9.13. The summed E-state index contributed by atoms with van der Waals surface area (Å²) < 4.78 is 10.5. The van der Waals surface area contributed by atoms with Gasteiger partial charge in [-0.15, -0.1) is 0 Å². The van der Waals surface area contributed by atoms with Crippen molar-refractivity contribution < 1.29 is 19.1 Å². The smallest absolute Gasteiger partial charge is 0.336 e. The Morgan fingerprint density at radius 1 is 1.08 bits per heavy atom. The number of rotatable bonds is 10. The van der Waals surface area contributed by atoms with Crippen LogP contribution < -0.4 is 4.74 Å². The minimum atomic E-state index is -0.580. The monoisotopic (exact) mass is 346 g/mol. The second-order valence-corrected chi connectivity index (χ2v) is 6.49. The zero-order valence-corrected chi connectivity index (χ0v) is 15.8. The van der Waals surface area contributed by atoms with E-state index in [1.807, 2.05) is 32.0 Å². The molecule has 0 spiro atoms. The third-order valence-corrected chi connectivity index (χ3v) is 4.11. The second-order valence-electron chi connectivity index (χ2n) is 6.49. The molecule has 0 bridgehead atoms. The van der Waals surface area contributed by atoms with Gasteiger partial charge >= 0.3 is 11.9 Å². The van der Waals surface area contributed by atoms with Crippen LogP contribution in [0.3, 0.4) is 0 Å². The summed E-state index contributed by atoms with van der Waals surface area (Å²) in [5.74, 6) is 0.0486. The lowest BCUT2D eigenvalue weighted by molar-refractivity contribution is -0.139. The number of esters is 2. The molecule has 4 heteroatoms. The van der Waals surface area contributed by atoms with Crippen molar-refractivity contribution in [2.75, 3.05) is 6.61 Å². The highest BCUT2D eigenvalue weighted by atomic mass is 16.5. The van der Waals surface area contributed by atoms with Crippen molar-refractivity contribution in [3.63, 3.8) is 0 Å². The summed E-state index contributed by atoms with van der Waals surface area (Å²) in [5.41, 5.74) is 0.952. The van der Waals surface area contributed by atoms with Gasteiger partial charge in [-0.2, -0.15) is 0 Å². The molecule has 0 fully saturated rings. The number of hydrogen-bond acceptors (Lipinski definition) is 4. The van der Waals surface area contributed by atoms with E-state index in [4.69, 9.17) is 9.47 Å². The number of hydrogen-bond donors (Lipinski definition) is 0. The first-order valence-corrected chi connectivity index (χ1v) is 9.13. The Balaban J connectivity index is 2.49. The summed E-state index contributed by atoms with van der Waals surface area (Å²) in [6.45, 7) is 8.69. The van der Waals surface area contributed by atoms with Gasteiger partial charge in [-0.3, -0.25) is 0 Å². The normalized spacial score (nSPS) is 12.4. The average Bonchev–Trinajstić information content (AvgIpc) is 2.60. The van der Waals surface area contributed by atoms with Crippen LogP contribution in [-0.4, -0.2) is 18.5 Å². The van der Waals surface area contributed by atoms with Crippen LogP contribution in [0.1, 0.15) is 64.9 Å². The van der Waals surface area contributed by atoms with Crippen LogP contribution in [0.4, 0.5) is 0 Å². The van der Waals surface area contributed by atoms with Gasteiger partial charge in [0, 0.05) is 12.2 Å². The highest BCUT2D eigenvalue weighted by Crippen LogP contribution is 2.25. The van der Waals surface area contributed by atoms with Crippen molar-refractivity contribution in [2.24, 2.45) is 5.92 Å². The minimum Gasteiger partial charge on any atom is -0.462 e. The van der Waals surface area contributed by atoms with Gasteiger partial charge < -0.3 is 9.47 Å². The SMILES string of the molecule is CCCCC(CC)COC(=O)/C=C/C(=O)Oc1ccccc1C(C)C. The minimum absolute atomic E-state index is 0.243. The molecule has 0 aromatic heterocycles. The van der Waals surface area contributed by atoms with Gasteiger partial charge in [-0.1, -0.05) is 65.2 Å². The zero-order valence-electron chi connectivity index (χ0n) is 15.8. The molecule has 0 saturated carbocycles. The summed E-state index contributed by atoms with van der Waals surface area (Å²) >= 11 is 0. The number of carbonyl (C=O) groups excluding carboxylic acids is 2. The molecule has 0 saturated heterocycles. The molecule has 0 aliphatic heterocycles. The Bertz CT molecular complexity index is 575. The van der Waals surface area contributed by atoms with Crippen molar-refractivity contribution in [1.29, 1.82) is 0 Å². The summed E-state index contributed by atoms with van der Waals surface area (Å²) in [6, 6.07) is 7.39. The molecule has 1 aromatic carbocycles. The van der Waals surface area contributed by atoms with E-state index in [0.29, 0.717) is 18.3 Å². The summed E-state index contributed by atoms with van der Waals surface area (Å²) in [6.07, 6.45) is 6.55. The number of carbonyl (C=O) groups is 2. The lowest BCUT2D eigenvalue weighted by Crippen LogP contribution is -2.13. The third kappa shape index (κ3) is 8.01. The lowest BCUT2D eigenvalue weighted by atomic mass is 10.0. The molecule has 1 aromatic rings. The van der Waals surface area contributed by atoms with Crippen molar-refractivity contribution in [3.8, 4) is 5.75 Å². The van der Waals surface area contributed by atoms with Crippen LogP contribution in [0.5, 0.6) is 5.75 Å². The van der Waals surface area contributed by atoms with E-state index in [1.165, 1.54) is 0 Å². The van der Waals surface area contributed by atoms with Gasteiger partial charge in [0.05, 0.1) is 6.61 Å². The first-order chi connectivity index (χ1) is 12.0. The Morgan fingerprint density at radius 3 is 2.40 bits per heavy atom. The second kappa shape index (κ2) is 11.5. The maximum atomic E-state index is 11.9. The van der Waals surface area contributed by atoms with Crippen LogP contribution in [0.25, 0.3) is 0 Å². The van der Waals surface area contributed by atoms with Crippen molar-refractivity contribution in [3.05, 3.63) is 42.0 Å². The van der Waals surface area contributed by atoms with E-state index >= 15 is 0 Å². The molecule has 25 heavy (non-hydrogen) atoms. The van der Waals surface area contributed by atoms with Crippen molar-refractivity contribution >= 4 is 11.9 Å². The summed E-state index contributed by atoms with van der Waals surface area (Å²) in [7, 11) is 0. The molecule has 0 aliphatic carbocycles. The molecule has 0 radical (unpaired) electrons. The van der Waals surface area contributed by atoms with Gasteiger partial charge in [0.1, 0.15) is 5.75 Å². The van der Waals surface area contributed by atoms with Crippen molar-refractivity contribution in [2.45, 2.75) is 59.3 Å². The molecule has 138 valence electrons. The quantitative estimate of drug-likeness (QED) is 0.339. The zero-order chi connectivity index (χ0) is 18.7. The van der Waals surface area contributed by atoms with E-state index in [2.05, 4.69) is 13.8 Å². The van der Waals surface area contributed by atoms with E-state index in [0.717, 1.165) is 43.4 Å². The maximum Gasteiger partial charge on any atom is 0.336 e. The summed E-state index contributed by atoms with van der Waals surface area (Å²) in [5, 5.41) is 0. The van der Waals surface area contributed by atoms with Crippen LogP contribution in [0.2, 0.25) is 0 Å². The van der Waals surface area contributed by atoms with Crippen LogP contribution in [0.15, 0.2) is 36.4 Å². The molecule has 4 nitrogen and oxygen atoms in total. The fraction of sp³-hybridized carbons (Fsp3) is 0.524. The van der Waals surface area contributed by atoms with Gasteiger partial charge in [0.15, 0.2) is 0 Å². The molecule has 1 atom stereocenters. The van der Waals surface area contributed by atoms with Crippen LogP contribution in [0, 0.1) is 5.92 Å². The number of unbranched alkanes of at least 4 members (excludes halogenated alkanes) is 1. The van der Waals surface area contributed by atoms with E-state index < -0.39 is 11.9 Å².